The molecule has 4 fully saturated rings. The molecule has 0 aliphatic carbocycles. The fraction of sp³-hybridized carbons (Fsp3) is 0.800. The first-order chi connectivity index (χ1) is 16.8. The molecule has 0 aromatic carbocycles. The monoisotopic (exact) mass is 493 g/mol. The molecule has 2 N–H and O–H groups in total. The number of ether oxygens (including phenoxy) is 2. The number of carbonyl (C=O) groups excluding carboxylic acids is 2. The van der Waals surface area contributed by atoms with E-state index in [2.05, 4.69) is 11.5 Å². The first-order valence-electron chi connectivity index (χ1n) is 12.9. The van der Waals surface area contributed by atoms with E-state index in [0.717, 1.165) is 13.1 Å². The highest BCUT2D eigenvalue weighted by Gasteiger charge is 2.78. The molecule has 0 radical (unpaired) electrons. The average Bonchev–Trinajstić information content (AvgIpc) is 3.46. The topological polar surface area (TPSA) is 120 Å². The Kier molecular flexibility index (Phi) is 7.85. The van der Waals surface area contributed by atoms with Gasteiger partial charge in [-0.05, 0) is 32.1 Å². The van der Waals surface area contributed by atoms with E-state index in [1.807, 2.05) is 6.92 Å². The number of hydrogen-bond donors (Lipinski definition) is 2. The Morgan fingerprint density at radius 3 is 2.60 bits per heavy atom. The zero-order chi connectivity index (χ0) is 25.2. The van der Waals surface area contributed by atoms with Crippen LogP contribution >= 0.6 is 0 Å². The van der Waals surface area contributed by atoms with Crippen LogP contribution in [0.15, 0.2) is 12.7 Å². The molecule has 196 valence electrons. The van der Waals surface area contributed by atoms with Crippen LogP contribution in [0.2, 0.25) is 0 Å². The van der Waals surface area contributed by atoms with E-state index in [-0.39, 0.29) is 25.0 Å². The van der Waals surface area contributed by atoms with E-state index in [4.69, 9.17) is 9.47 Å². The van der Waals surface area contributed by atoms with E-state index < -0.39 is 35.0 Å². The number of aliphatic carboxylic acids is 1. The Balaban J connectivity index is 1.64. The van der Waals surface area contributed by atoms with Crippen LogP contribution in [0.1, 0.15) is 39.0 Å². The number of amides is 2. The van der Waals surface area contributed by atoms with Crippen molar-refractivity contribution in [1.82, 2.24) is 14.7 Å². The van der Waals surface area contributed by atoms with Gasteiger partial charge in [0, 0.05) is 45.9 Å². The number of likely N-dealkylation sites (tertiary alicyclic amines) is 1. The lowest BCUT2D eigenvalue weighted by atomic mass is 9.65. The van der Waals surface area contributed by atoms with E-state index in [1.165, 1.54) is 0 Å². The molecular formula is C25H39N3O7. The summed E-state index contributed by atoms with van der Waals surface area (Å²) >= 11 is 0. The van der Waals surface area contributed by atoms with Gasteiger partial charge in [0.2, 0.25) is 11.8 Å². The third kappa shape index (κ3) is 4.39. The molecule has 10 heteroatoms. The summed E-state index contributed by atoms with van der Waals surface area (Å²) in [5, 5.41) is 19.4. The molecule has 0 saturated carbocycles. The summed E-state index contributed by atoms with van der Waals surface area (Å²) in [5.41, 5.74) is -2.05. The molecule has 5 atom stereocenters. The van der Waals surface area contributed by atoms with Gasteiger partial charge in [-0.25, -0.2) is 0 Å². The molecule has 4 aliphatic rings. The zero-order valence-corrected chi connectivity index (χ0v) is 20.7. The van der Waals surface area contributed by atoms with Crippen molar-refractivity contribution in [3.8, 4) is 0 Å². The normalized spacial score (nSPS) is 34.3. The predicted molar refractivity (Wildman–Crippen MR) is 127 cm³/mol. The van der Waals surface area contributed by atoms with E-state index in [9.17, 15) is 24.6 Å². The lowest BCUT2D eigenvalue weighted by molar-refractivity contribution is -0.157. The Morgan fingerprint density at radius 1 is 1.23 bits per heavy atom. The second-order valence-electron chi connectivity index (χ2n) is 10.2. The van der Waals surface area contributed by atoms with Crippen LogP contribution in [0, 0.1) is 11.8 Å². The van der Waals surface area contributed by atoms with Crippen LogP contribution in [0.25, 0.3) is 0 Å². The summed E-state index contributed by atoms with van der Waals surface area (Å²) in [4.78, 5) is 45.8. The van der Waals surface area contributed by atoms with Gasteiger partial charge in [0.1, 0.15) is 17.6 Å². The number of hydrogen-bond acceptors (Lipinski definition) is 7. The first-order valence-corrected chi connectivity index (χ1v) is 12.9. The number of unbranched alkanes of at least 4 members (excludes halogenated alkanes) is 1. The SMILES string of the molecule is C=CCN(CCN1CCOCC1)C(=O)C1N(CCCCO)C(=O)[C@@H]2[C@@H](C(=O)O)[C@@]3(CC)CCC12O3. The minimum atomic E-state index is -1.13. The van der Waals surface area contributed by atoms with E-state index >= 15 is 0 Å². The van der Waals surface area contributed by atoms with Gasteiger partial charge in [0.15, 0.2) is 0 Å². The number of carboxylic acids is 1. The number of fused-ring (bicyclic) bond motifs is 1. The van der Waals surface area contributed by atoms with Crippen molar-refractivity contribution >= 4 is 17.8 Å². The molecule has 2 bridgehead atoms. The van der Waals surface area contributed by atoms with Crippen molar-refractivity contribution in [3.63, 3.8) is 0 Å². The Labute approximate surface area is 206 Å². The van der Waals surface area contributed by atoms with Crippen LogP contribution in [0.4, 0.5) is 0 Å². The highest BCUT2D eigenvalue weighted by molar-refractivity contribution is 5.98. The largest absolute Gasteiger partial charge is 0.481 e. The smallest absolute Gasteiger partial charge is 0.310 e. The minimum absolute atomic E-state index is 0.00938. The molecule has 4 saturated heterocycles. The van der Waals surface area contributed by atoms with E-state index in [0.29, 0.717) is 65.0 Å². The minimum Gasteiger partial charge on any atom is -0.481 e. The van der Waals surface area contributed by atoms with Crippen LogP contribution in [-0.2, 0) is 23.9 Å². The van der Waals surface area contributed by atoms with Gasteiger partial charge in [-0.2, -0.15) is 0 Å². The number of rotatable bonds is 12. The summed E-state index contributed by atoms with van der Waals surface area (Å²) in [5.74, 6) is -3.40. The molecule has 4 heterocycles. The Morgan fingerprint density at radius 2 is 1.97 bits per heavy atom. The Bertz CT molecular complexity index is 832. The molecule has 35 heavy (non-hydrogen) atoms. The van der Waals surface area contributed by atoms with Crippen LogP contribution in [-0.4, -0.2) is 119 Å². The van der Waals surface area contributed by atoms with Gasteiger partial charge in [-0.1, -0.05) is 13.0 Å². The second-order valence-corrected chi connectivity index (χ2v) is 10.2. The number of aliphatic hydroxyl groups excluding tert-OH is 1. The van der Waals surface area contributed by atoms with Crippen molar-refractivity contribution in [1.29, 1.82) is 0 Å². The van der Waals surface area contributed by atoms with Crippen LogP contribution < -0.4 is 0 Å². The molecule has 2 amide bonds. The van der Waals surface area contributed by atoms with E-state index in [1.54, 1.807) is 15.9 Å². The van der Waals surface area contributed by atoms with Gasteiger partial charge < -0.3 is 29.5 Å². The zero-order valence-electron chi connectivity index (χ0n) is 20.7. The first kappa shape index (κ1) is 26.1. The average molecular weight is 494 g/mol. The van der Waals surface area contributed by atoms with Gasteiger partial charge in [0.05, 0.1) is 24.7 Å². The number of aliphatic hydroxyl groups is 1. The molecule has 10 nitrogen and oxygen atoms in total. The number of nitrogens with zero attached hydrogens (tertiary/aromatic N) is 3. The predicted octanol–water partition coefficient (Wildman–Crippen LogP) is 0.345. The molecule has 2 unspecified atom stereocenters. The van der Waals surface area contributed by atoms with Crippen molar-refractivity contribution < 1.29 is 34.1 Å². The summed E-state index contributed by atoms with van der Waals surface area (Å²) in [6.45, 7) is 10.4. The number of carboxylic acid groups (broad SMARTS) is 1. The maximum atomic E-state index is 14.2. The standard InChI is InChI=1S/C25H39N3O7/c1-3-9-27(12-11-26-13-16-34-17-14-26)22(31)20-25-8-7-24(4-2,35-25)19(23(32)33)18(25)21(30)28(20)10-5-6-15-29/h3,18-20,29H,1,4-17H2,2H3,(H,32,33)/t18-,19-,20?,24+,25?/m0/s1. The van der Waals surface area contributed by atoms with Crippen LogP contribution in [0.3, 0.4) is 0 Å². The number of morpholine rings is 1. The van der Waals surface area contributed by atoms with Crippen molar-refractivity contribution in [3.05, 3.63) is 12.7 Å². The van der Waals surface area contributed by atoms with Gasteiger partial charge in [-0.15, -0.1) is 6.58 Å². The highest BCUT2D eigenvalue weighted by Crippen LogP contribution is 2.64. The molecule has 4 rings (SSSR count). The summed E-state index contributed by atoms with van der Waals surface area (Å²) in [6.07, 6.45) is 4.19. The van der Waals surface area contributed by atoms with Gasteiger partial charge in [-0.3, -0.25) is 19.3 Å². The second kappa shape index (κ2) is 10.5. The van der Waals surface area contributed by atoms with Gasteiger partial charge >= 0.3 is 5.97 Å². The summed E-state index contributed by atoms with van der Waals surface area (Å²) in [7, 11) is 0. The molecule has 0 aromatic heterocycles. The third-order valence-electron chi connectivity index (χ3n) is 8.44. The molecular weight excluding hydrogens is 454 g/mol. The fourth-order valence-corrected chi connectivity index (χ4v) is 6.71. The lowest BCUT2D eigenvalue weighted by Crippen LogP contribution is -2.57. The summed E-state index contributed by atoms with van der Waals surface area (Å²) in [6, 6.07) is -0.874. The quantitative estimate of drug-likeness (QED) is 0.295. The summed E-state index contributed by atoms with van der Waals surface area (Å²) < 4.78 is 12.0. The number of carbonyl (C=O) groups is 3. The van der Waals surface area contributed by atoms with Crippen LogP contribution in [0.5, 0.6) is 0 Å². The Hall–Kier alpha value is -2.01. The fourth-order valence-electron chi connectivity index (χ4n) is 6.71. The molecule has 4 aliphatic heterocycles. The molecule has 0 aromatic rings. The third-order valence-corrected chi connectivity index (χ3v) is 8.44. The lowest BCUT2D eigenvalue weighted by Gasteiger charge is -2.37. The maximum Gasteiger partial charge on any atom is 0.310 e. The van der Waals surface area contributed by atoms with Crippen molar-refractivity contribution in [2.75, 3.05) is 59.1 Å². The van der Waals surface area contributed by atoms with Gasteiger partial charge in [0.25, 0.3) is 0 Å². The highest BCUT2D eigenvalue weighted by atomic mass is 16.5. The maximum absolute atomic E-state index is 14.2. The van der Waals surface area contributed by atoms with Crippen molar-refractivity contribution in [2.24, 2.45) is 11.8 Å². The van der Waals surface area contributed by atoms with Crippen molar-refractivity contribution in [2.45, 2.75) is 56.3 Å². The molecule has 1 spiro atoms.